The number of benzene rings is 2. The number of hydrogen-bond acceptors (Lipinski definition) is 7. The Bertz CT molecular complexity index is 1280. The fraction of sp³-hybridized carbons (Fsp3) is 0.0952. The van der Waals surface area contributed by atoms with E-state index in [4.69, 9.17) is 5.84 Å². The molecule has 12 heteroatoms. The molecule has 0 aliphatic heterocycles. The van der Waals surface area contributed by atoms with E-state index >= 15 is 0 Å². The van der Waals surface area contributed by atoms with Gasteiger partial charge in [-0.1, -0.05) is 11.8 Å². The van der Waals surface area contributed by atoms with Crippen molar-refractivity contribution in [2.45, 2.75) is 12.1 Å². The molecule has 10 nitrogen and oxygen atoms in total. The standard InChI is InChI=1S/C21H19FN8O2S/c1-12(31)24-15-6-8-16(9-7-15)25-19(32)11-33-21-29-28-20(30(21)23)18-10-17(26-27-18)13-2-4-14(22)5-3-13/h2-10H,11,23H2,1H3,(H,24,31)(H,25,32)(H,26,27). The topological polar surface area (TPSA) is 144 Å². The molecule has 168 valence electrons. The van der Waals surface area contributed by atoms with E-state index in [1.807, 2.05) is 0 Å². The predicted molar refractivity (Wildman–Crippen MR) is 123 cm³/mol. The van der Waals surface area contributed by atoms with Crippen molar-refractivity contribution < 1.29 is 14.0 Å². The monoisotopic (exact) mass is 466 g/mol. The molecule has 0 atom stereocenters. The van der Waals surface area contributed by atoms with Crippen LogP contribution in [0.4, 0.5) is 15.8 Å². The van der Waals surface area contributed by atoms with E-state index in [1.54, 1.807) is 42.5 Å². The zero-order valence-corrected chi connectivity index (χ0v) is 18.2. The maximum Gasteiger partial charge on any atom is 0.234 e. The molecule has 0 spiro atoms. The summed E-state index contributed by atoms with van der Waals surface area (Å²) in [6.45, 7) is 1.42. The summed E-state index contributed by atoms with van der Waals surface area (Å²) in [4.78, 5) is 23.3. The van der Waals surface area contributed by atoms with Crippen LogP contribution in [-0.2, 0) is 9.59 Å². The van der Waals surface area contributed by atoms with Crippen LogP contribution < -0.4 is 16.5 Å². The van der Waals surface area contributed by atoms with Gasteiger partial charge in [-0.2, -0.15) is 5.10 Å². The molecule has 33 heavy (non-hydrogen) atoms. The van der Waals surface area contributed by atoms with Gasteiger partial charge >= 0.3 is 0 Å². The molecule has 0 aliphatic carbocycles. The molecule has 2 heterocycles. The first-order valence-electron chi connectivity index (χ1n) is 9.71. The Kier molecular flexibility index (Phi) is 6.36. The number of nitrogens with one attached hydrogen (secondary N) is 3. The van der Waals surface area contributed by atoms with Gasteiger partial charge in [0.15, 0.2) is 0 Å². The molecule has 2 aromatic heterocycles. The van der Waals surface area contributed by atoms with Crippen molar-refractivity contribution >= 4 is 35.0 Å². The van der Waals surface area contributed by atoms with Gasteiger partial charge in [-0.3, -0.25) is 14.7 Å². The number of aromatic amines is 1. The first-order chi connectivity index (χ1) is 15.9. The lowest BCUT2D eigenvalue weighted by Crippen LogP contribution is -2.16. The Morgan fingerprint density at radius 3 is 2.39 bits per heavy atom. The van der Waals surface area contributed by atoms with Gasteiger partial charge < -0.3 is 16.5 Å². The summed E-state index contributed by atoms with van der Waals surface area (Å²) in [5, 5.41) is 20.9. The Morgan fingerprint density at radius 2 is 1.73 bits per heavy atom. The molecule has 0 saturated heterocycles. The SMILES string of the molecule is CC(=O)Nc1ccc(NC(=O)CSc2nnc(-c3cc(-c4ccc(F)cc4)n[nH]3)n2N)cc1. The molecule has 4 aromatic rings. The van der Waals surface area contributed by atoms with Gasteiger partial charge in [0.2, 0.25) is 22.8 Å². The minimum absolute atomic E-state index is 0.0621. The van der Waals surface area contributed by atoms with E-state index in [0.29, 0.717) is 33.7 Å². The second-order valence-corrected chi connectivity index (χ2v) is 7.89. The van der Waals surface area contributed by atoms with Crippen LogP contribution in [0.3, 0.4) is 0 Å². The summed E-state index contributed by atoms with van der Waals surface area (Å²) in [6.07, 6.45) is 0. The van der Waals surface area contributed by atoms with Crippen molar-refractivity contribution in [3.05, 3.63) is 60.4 Å². The van der Waals surface area contributed by atoms with Gasteiger partial charge in [0, 0.05) is 23.9 Å². The summed E-state index contributed by atoms with van der Waals surface area (Å²) in [5.74, 6) is 5.75. The van der Waals surface area contributed by atoms with Crippen LogP contribution in [0.2, 0.25) is 0 Å². The van der Waals surface area contributed by atoms with Crippen LogP contribution in [0, 0.1) is 5.82 Å². The number of halogens is 1. The number of H-pyrrole nitrogens is 1. The van der Waals surface area contributed by atoms with Crippen LogP contribution in [0.25, 0.3) is 22.8 Å². The number of anilines is 2. The second kappa shape index (κ2) is 9.53. The largest absolute Gasteiger partial charge is 0.335 e. The van der Waals surface area contributed by atoms with E-state index in [0.717, 1.165) is 17.3 Å². The van der Waals surface area contributed by atoms with Crippen molar-refractivity contribution in [1.82, 2.24) is 25.1 Å². The van der Waals surface area contributed by atoms with Crippen molar-refractivity contribution in [2.24, 2.45) is 0 Å². The minimum Gasteiger partial charge on any atom is -0.335 e. The molecule has 0 aliphatic rings. The number of amides is 2. The molecular weight excluding hydrogens is 447 g/mol. The van der Waals surface area contributed by atoms with Gasteiger partial charge in [-0.25, -0.2) is 9.07 Å². The molecule has 0 unspecified atom stereocenters. The third-order valence-electron chi connectivity index (χ3n) is 4.44. The number of nitrogens with two attached hydrogens (primary N) is 1. The molecule has 0 bridgehead atoms. The Hall–Kier alpha value is -4.19. The average Bonchev–Trinajstić information content (AvgIpc) is 3.41. The van der Waals surface area contributed by atoms with Gasteiger partial charge in [0.25, 0.3) is 0 Å². The fourth-order valence-electron chi connectivity index (χ4n) is 2.93. The maximum atomic E-state index is 13.1. The van der Waals surface area contributed by atoms with Crippen LogP contribution in [0.5, 0.6) is 0 Å². The van der Waals surface area contributed by atoms with Crippen LogP contribution in [0.15, 0.2) is 59.8 Å². The normalized spacial score (nSPS) is 10.7. The summed E-state index contributed by atoms with van der Waals surface area (Å²) in [7, 11) is 0. The lowest BCUT2D eigenvalue weighted by Gasteiger charge is -2.07. The third-order valence-corrected chi connectivity index (χ3v) is 5.39. The Morgan fingerprint density at radius 1 is 1.06 bits per heavy atom. The summed E-state index contributed by atoms with van der Waals surface area (Å²) in [6, 6.07) is 14.4. The van der Waals surface area contributed by atoms with Gasteiger partial charge in [0.1, 0.15) is 11.5 Å². The van der Waals surface area contributed by atoms with Crippen LogP contribution >= 0.6 is 11.8 Å². The first kappa shape index (κ1) is 22.0. The van der Waals surface area contributed by atoms with E-state index in [-0.39, 0.29) is 23.4 Å². The predicted octanol–water partition coefficient (Wildman–Crippen LogP) is 2.88. The van der Waals surface area contributed by atoms with E-state index in [9.17, 15) is 14.0 Å². The maximum absolute atomic E-state index is 13.1. The number of nitrogens with zero attached hydrogens (tertiary/aromatic N) is 4. The van der Waals surface area contributed by atoms with Crippen molar-refractivity contribution in [2.75, 3.05) is 22.2 Å². The molecule has 4 rings (SSSR count). The summed E-state index contributed by atoms with van der Waals surface area (Å²) < 4.78 is 14.4. The highest BCUT2D eigenvalue weighted by Gasteiger charge is 2.16. The zero-order valence-electron chi connectivity index (χ0n) is 17.4. The van der Waals surface area contributed by atoms with Crippen molar-refractivity contribution in [3.8, 4) is 22.8 Å². The zero-order chi connectivity index (χ0) is 23.4. The molecule has 0 saturated carbocycles. The second-order valence-electron chi connectivity index (χ2n) is 6.95. The average molecular weight is 467 g/mol. The summed E-state index contributed by atoms with van der Waals surface area (Å²) >= 11 is 1.13. The Labute approximate surface area is 191 Å². The van der Waals surface area contributed by atoms with Gasteiger partial charge in [-0.05, 0) is 54.6 Å². The highest BCUT2D eigenvalue weighted by Crippen LogP contribution is 2.25. The number of rotatable bonds is 7. The third kappa shape index (κ3) is 5.36. The van der Waals surface area contributed by atoms with Crippen LogP contribution in [0.1, 0.15) is 6.92 Å². The number of carbonyl (C=O) groups is 2. The minimum atomic E-state index is -0.330. The molecule has 2 aromatic carbocycles. The molecule has 0 fully saturated rings. The number of aromatic nitrogens is 5. The smallest absolute Gasteiger partial charge is 0.234 e. The quantitative estimate of drug-likeness (QED) is 0.242. The highest BCUT2D eigenvalue weighted by molar-refractivity contribution is 7.99. The number of nitrogen functional groups attached to an aromatic ring is 1. The Balaban J connectivity index is 1.37. The number of thioether (sulfide) groups is 1. The number of hydrogen-bond donors (Lipinski definition) is 4. The molecule has 0 radical (unpaired) electrons. The van der Waals surface area contributed by atoms with E-state index in [1.165, 1.54) is 23.7 Å². The lowest BCUT2D eigenvalue weighted by atomic mass is 10.1. The molecule has 5 N–H and O–H groups in total. The van der Waals surface area contributed by atoms with Crippen molar-refractivity contribution in [3.63, 3.8) is 0 Å². The summed E-state index contributed by atoms with van der Waals surface area (Å²) in [5.41, 5.74) is 3.10. The van der Waals surface area contributed by atoms with Gasteiger partial charge in [-0.15, -0.1) is 10.2 Å². The van der Waals surface area contributed by atoms with E-state index < -0.39 is 0 Å². The molecular formula is C21H19FN8O2S. The van der Waals surface area contributed by atoms with Crippen molar-refractivity contribution in [1.29, 1.82) is 0 Å². The highest BCUT2D eigenvalue weighted by atomic mass is 32.2. The first-order valence-corrected chi connectivity index (χ1v) is 10.7. The van der Waals surface area contributed by atoms with E-state index in [2.05, 4.69) is 31.0 Å². The molecule has 2 amide bonds. The number of carbonyl (C=O) groups excluding carboxylic acids is 2. The van der Waals surface area contributed by atoms with Gasteiger partial charge in [0.05, 0.1) is 11.4 Å². The van der Waals surface area contributed by atoms with Crippen LogP contribution in [-0.4, -0.2) is 42.6 Å². The fourth-order valence-corrected chi connectivity index (χ4v) is 3.59. The lowest BCUT2D eigenvalue weighted by molar-refractivity contribution is -0.114.